The lowest BCUT2D eigenvalue weighted by Crippen LogP contribution is -2.37. The van der Waals surface area contributed by atoms with Crippen molar-refractivity contribution in [3.8, 4) is 0 Å². The Balaban J connectivity index is 1.99. The molecule has 2 heterocycles. The summed E-state index contributed by atoms with van der Waals surface area (Å²) in [4.78, 5) is 18.0. The highest BCUT2D eigenvalue weighted by Crippen LogP contribution is 2.38. The minimum absolute atomic E-state index is 0.0895. The van der Waals surface area contributed by atoms with Crippen molar-refractivity contribution >= 4 is 11.6 Å². The van der Waals surface area contributed by atoms with Crippen LogP contribution in [0.1, 0.15) is 40.9 Å². The number of carbonyl (C=O) groups excluding carboxylic acids is 1. The lowest BCUT2D eigenvalue weighted by molar-refractivity contribution is 0.0939. The van der Waals surface area contributed by atoms with Crippen LogP contribution in [0.5, 0.6) is 0 Å². The molecule has 6 heteroatoms. The number of nitrogens with one attached hydrogen (secondary N) is 1. The molecule has 0 fully saturated rings. The summed E-state index contributed by atoms with van der Waals surface area (Å²) < 4.78 is 0. The fourth-order valence-corrected chi connectivity index (χ4v) is 2.93. The summed E-state index contributed by atoms with van der Waals surface area (Å²) in [5.74, 6) is -0.537. The number of hydrogen-bond donors (Lipinski definition) is 3. The van der Waals surface area contributed by atoms with Gasteiger partial charge in [0, 0.05) is 30.1 Å². The Labute approximate surface area is 146 Å². The van der Waals surface area contributed by atoms with Gasteiger partial charge in [-0.05, 0) is 37.1 Å². The summed E-state index contributed by atoms with van der Waals surface area (Å²) in [6.07, 6.45) is 2.73. The molecule has 1 amide bonds. The highest BCUT2D eigenvalue weighted by atomic mass is 16.3. The number of nitrogens with zero attached hydrogens (tertiary/aromatic N) is 2. The molecule has 1 aliphatic heterocycles. The van der Waals surface area contributed by atoms with E-state index in [9.17, 15) is 15.0 Å². The molecule has 0 saturated heterocycles. The van der Waals surface area contributed by atoms with Gasteiger partial charge in [0.25, 0.3) is 5.91 Å². The Bertz CT molecular complexity index is 818. The van der Waals surface area contributed by atoms with E-state index in [-0.39, 0.29) is 11.6 Å². The van der Waals surface area contributed by atoms with Gasteiger partial charge >= 0.3 is 0 Å². The summed E-state index contributed by atoms with van der Waals surface area (Å²) in [6.45, 7) is 4.53. The number of benzene rings is 1. The Morgan fingerprint density at radius 2 is 2.00 bits per heavy atom. The third-order valence-corrected chi connectivity index (χ3v) is 4.18. The van der Waals surface area contributed by atoms with E-state index in [0.29, 0.717) is 17.7 Å². The third kappa shape index (κ3) is 3.21. The molecule has 0 bridgehead atoms. The van der Waals surface area contributed by atoms with E-state index < -0.39 is 12.0 Å². The third-order valence-electron chi connectivity index (χ3n) is 4.18. The highest BCUT2D eigenvalue weighted by molar-refractivity contribution is 5.95. The predicted octanol–water partition coefficient (Wildman–Crippen LogP) is 2.81. The molecule has 1 aromatic heterocycles. The van der Waals surface area contributed by atoms with Crippen molar-refractivity contribution in [1.29, 1.82) is 0 Å². The van der Waals surface area contributed by atoms with Crippen molar-refractivity contribution in [2.45, 2.75) is 26.4 Å². The average Bonchev–Trinajstić information content (AvgIpc) is 2.62. The minimum Gasteiger partial charge on any atom is -0.493 e. The summed E-state index contributed by atoms with van der Waals surface area (Å²) in [7, 11) is 0. The van der Waals surface area contributed by atoms with E-state index in [1.165, 1.54) is 12.4 Å². The Morgan fingerprint density at radius 3 is 2.68 bits per heavy atom. The van der Waals surface area contributed by atoms with Crippen LogP contribution in [-0.2, 0) is 0 Å². The summed E-state index contributed by atoms with van der Waals surface area (Å²) in [5, 5.41) is 24.0. The number of aromatic nitrogens is 1. The molecule has 0 aliphatic carbocycles. The number of amides is 1. The van der Waals surface area contributed by atoms with Crippen molar-refractivity contribution in [2.24, 2.45) is 0 Å². The summed E-state index contributed by atoms with van der Waals surface area (Å²) in [6, 6.07) is 8.79. The van der Waals surface area contributed by atoms with Gasteiger partial charge in [0.1, 0.15) is 11.8 Å². The second-order valence-corrected chi connectivity index (χ2v) is 6.04. The normalized spacial score (nSPS) is 16.6. The van der Waals surface area contributed by atoms with E-state index >= 15 is 0 Å². The number of anilines is 1. The van der Waals surface area contributed by atoms with Gasteiger partial charge in [-0.25, -0.2) is 0 Å². The molecule has 25 heavy (non-hydrogen) atoms. The van der Waals surface area contributed by atoms with Crippen molar-refractivity contribution in [1.82, 2.24) is 10.3 Å². The van der Waals surface area contributed by atoms with Crippen LogP contribution in [0.25, 0.3) is 0 Å². The smallest absolute Gasteiger partial charge is 0.255 e. The molecule has 1 aliphatic rings. The van der Waals surface area contributed by atoms with Crippen molar-refractivity contribution in [2.75, 3.05) is 11.4 Å². The standard InChI is InChI=1S/C19H21N3O3/c1-3-10-22-15-11-12(2)4-5-14(15)17(23)16(19(22)25)21-18(24)13-6-8-20-9-7-13/h4-9,11,17,23,25H,3,10H2,1-2H3,(H,21,24). The predicted molar refractivity (Wildman–Crippen MR) is 95.1 cm³/mol. The van der Waals surface area contributed by atoms with Crippen LogP contribution in [0.4, 0.5) is 5.69 Å². The minimum atomic E-state index is -1.10. The van der Waals surface area contributed by atoms with Gasteiger partial charge in [-0.15, -0.1) is 0 Å². The Hall–Kier alpha value is -2.86. The van der Waals surface area contributed by atoms with Crippen LogP contribution in [0.15, 0.2) is 54.3 Å². The Morgan fingerprint density at radius 1 is 1.28 bits per heavy atom. The quantitative estimate of drug-likeness (QED) is 0.797. The first-order valence-corrected chi connectivity index (χ1v) is 8.23. The topological polar surface area (TPSA) is 85.7 Å². The van der Waals surface area contributed by atoms with Crippen LogP contribution in [0.2, 0.25) is 0 Å². The number of aliphatic hydroxyl groups is 2. The molecule has 1 atom stereocenters. The maximum atomic E-state index is 12.4. The molecule has 0 radical (unpaired) electrons. The number of aliphatic hydroxyl groups excluding tert-OH is 2. The van der Waals surface area contributed by atoms with Crippen LogP contribution in [0.3, 0.4) is 0 Å². The monoisotopic (exact) mass is 339 g/mol. The zero-order chi connectivity index (χ0) is 18.0. The van der Waals surface area contributed by atoms with E-state index in [4.69, 9.17) is 0 Å². The SMILES string of the molecule is CCCN1C(O)=C(NC(=O)c2ccncc2)C(O)c2ccc(C)cc21. The Kier molecular flexibility index (Phi) is 4.72. The molecule has 3 rings (SSSR count). The van der Waals surface area contributed by atoms with E-state index in [0.717, 1.165) is 17.7 Å². The molecule has 2 aromatic rings. The fourth-order valence-electron chi connectivity index (χ4n) is 2.93. The molecular weight excluding hydrogens is 318 g/mol. The largest absolute Gasteiger partial charge is 0.493 e. The maximum Gasteiger partial charge on any atom is 0.255 e. The summed E-state index contributed by atoms with van der Waals surface area (Å²) >= 11 is 0. The molecule has 1 unspecified atom stereocenters. The van der Waals surface area contributed by atoms with Gasteiger partial charge in [-0.1, -0.05) is 19.1 Å². The second kappa shape index (κ2) is 6.94. The van der Waals surface area contributed by atoms with Gasteiger partial charge < -0.3 is 20.4 Å². The summed E-state index contributed by atoms with van der Waals surface area (Å²) in [5.41, 5.74) is 2.94. The fraction of sp³-hybridized carbons (Fsp3) is 0.263. The lowest BCUT2D eigenvalue weighted by atomic mass is 9.97. The van der Waals surface area contributed by atoms with Gasteiger partial charge in [0.05, 0.1) is 5.69 Å². The highest BCUT2D eigenvalue weighted by Gasteiger charge is 2.32. The number of hydrogen-bond acceptors (Lipinski definition) is 5. The first-order valence-electron chi connectivity index (χ1n) is 8.23. The molecule has 0 spiro atoms. The van der Waals surface area contributed by atoms with Crippen molar-refractivity contribution in [3.63, 3.8) is 0 Å². The van der Waals surface area contributed by atoms with Gasteiger partial charge in [0.2, 0.25) is 5.88 Å². The lowest BCUT2D eigenvalue weighted by Gasteiger charge is -2.34. The number of fused-ring (bicyclic) bond motifs is 1. The van der Waals surface area contributed by atoms with E-state index in [2.05, 4.69) is 10.3 Å². The van der Waals surface area contributed by atoms with Crippen LogP contribution < -0.4 is 10.2 Å². The number of pyridine rings is 1. The van der Waals surface area contributed by atoms with E-state index in [1.54, 1.807) is 17.0 Å². The molecular formula is C19H21N3O3. The average molecular weight is 339 g/mol. The first kappa shape index (κ1) is 17.0. The van der Waals surface area contributed by atoms with E-state index in [1.807, 2.05) is 32.0 Å². The van der Waals surface area contributed by atoms with Gasteiger partial charge in [-0.2, -0.15) is 0 Å². The van der Waals surface area contributed by atoms with Crippen LogP contribution >= 0.6 is 0 Å². The van der Waals surface area contributed by atoms with Crippen LogP contribution in [0, 0.1) is 6.92 Å². The number of carbonyl (C=O) groups is 1. The maximum absolute atomic E-state index is 12.4. The molecule has 1 aromatic carbocycles. The molecule has 3 N–H and O–H groups in total. The van der Waals surface area contributed by atoms with Crippen molar-refractivity contribution in [3.05, 3.63) is 71.0 Å². The zero-order valence-corrected chi connectivity index (χ0v) is 14.2. The molecule has 6 nitrogen and oxygen atoms in total. The number of rotatable bonds is 4. The van der Waals surface area contributed by atoms with Gasteiger partial charge in [-0.3, -0.25) is 9.78 Å². The van der Waals surface area contributed by atoms with Crippen molar-refractivity contribution < 1.29 is 15.0 Å². The molecule has 130 valence electrons. The van der Waals surface area contributed by atoms with Gasteiger partial charge in [0.15, 0.2) is 0 Å². The van der Waals surface area contributed by atoms with Crippen LogP contribution in [-0.4, -0.2) is 27.6 Å². The zero-order valence-electron chi connectivity index (χ0n) is 14.2. The number of aryl methyl sites for hydroxylation is 1. The molecule has 0 saturated carbocycles. The second-order valence-electron chi connectivity index (χ2n) is 6.04. The first-order chi connectivity index (χ1) is 12.0.